The number of nitrogens with zero attached hydrogens (tertiary/aromatic N) is 3. The Morgan fingerprint density at radius 3 is 2.63 bits per heavy atom. The minimum atomic E-state index is -0.182. The van der Waals surface area contributed by atoms with Crippen molar-refractivity contribution in [2.75, 3.05) is 33.3 Å². The zero-order chi connectivity index (χ0) is 19.4. The van der Waals surface area contributed by atoms with Gasteiger partial charge in [-0.1, -0.05) is 11.6 Å². The van der Waals surface area contributed by atoms with Crippen LogP contribution in [-0.4, -0.2) is 53.6 Å². The van der Waals surface area contributed by atoms with E-state index in [0.29, 0.717) is 18.1 Å². The Kier molecular flexibility index (Phi) is 6.57. The van der Waals surface area contributed by atoms with Crippen molar-refractivity contribution in [1.29, 1.82) is 0 Å². The fourth-order valence-electron chi connectivity index (χ4n) is 3.14. The predicted molar refractivity (Wildman–Crippen MR) is 108 cm³/mol. The Hall–Kier alpha value is -1.83. The number of aromatic nitrogens is 1. The molecule has 0 radical (unpaired) electrons. The molecule has 1 amide bonds. The van der Waals surface area contributed by atoms with E-state index in [1.807, 2.05) is 18.2 Å². The van der Waals surface area contributed by atoms with E-state index in [2.05, 4.69) is 20.8 Å². The fraction of sp³-hybridized carbons (Fsp3) is 0.368. The van der Waals surface area contributed by atoms with Gasteiger partial charge in [0.25, 0.3) is 5.56 Å². The van der Waals surface area contributed by atoms with Gasteiger partial charge in [0.2, 0.25) is 5.91 Å². The van der Waals surface area contributed by atoms with Gasteiger partial charge >= 0.3 is 0 Å². The number of carbonyl (C=O) groups is 1. The Bertz CT molecular complexity index is 879. The molecule has 0 atom stereocenters. The summed E-state index contributed by atoms with van der Waals surface area (Å²) in [6.45, 7) is 3.55. The molecular weight excluding hydrogens is 434 g/mol. The number of hydrogen-bond donors (Lipinski definition) is 0. The smallest absolute Gasteiger partial charge is 0.251 e. The van der Waals surface area contributed by atoms with Crippen molar-refractivity contribution >= 4 is 33.4 Å². The van der Waals surface area contributed by atoms with Crippen LogP contribution in [-0.2, 0) is 17.9 Å². The van der Waals surface area contributed by atoms with Crippen molar-refractivity contribution in [3.63, 3.8) is 0 Å². The second-order valence-electron chi connectivity index (χ2n) is 6.43. The molecule has 1 aromatic heterocycles. The van der Waals surface area contributed by atoms with Crippen LogP contribution in [0.15, 0.2) is 45.8 Å². The lowest BCUT2D eigenvalue weighted by atomic mass is 10.1. The first-order chi connectivity index (χ1) is 13.0. The molecule has 6 nitrogen and oxygen atoms in total. The van der Waals surface area contributed by atoms with E-state index in [9.17, 15) is 9.59 Å². The summed E-state index contributed by atoms with van der Waals surface area (Å²) in [6.07, 6.45) is 1.64. The molecule has 1 aliphatic rings. The summed E-state index contributed by atoms with van der Waals surface area (Å²) in [6, 6.07) is 8.72. The number of methoxy groups -OCH3 is 1. The Labute approximate surface area is 171 Å². The summed E-state index contributed by atoms with van der Waals surface area (Å²) in [5.41, 5.74) is 0.851. The van der Waals surface area contributed by atoms with Crippen LogP contribution >= 0.6 is 27.5 Å². The first kappa shape index (κ1) is 19.9. The van der Waals surface area contributed by atoms with E-state index >= 15 is 0 Å². The molecule has 144 valence electrons. The van der Waals surface area contributed by atoms with Gasteiger partial charge in [-0.2, -0.15) is 0 Å². The normalized spacial score (nSPS) is 15.0. The second-order valence-corrected chi connectivity index (χ2v) is 7.78. The Morgan fingerprint density at radius 1 is 1.19 bits per heavy atom. The maximum Gasteiger partial charge on any atom is 0.251 e. The molecule has 1 aromatic carbocycles. The van der Waals surface area contributed by atoms with Gasteiger partial charge < -0.3 is 14.2 Å². The summed E-state index contributed by atoms with van der Waals surface area (Å²) in [7, 11) is 1.65. The fourth-order valence-corrected chi connectivity index (χ4v) is 3.71. The highest BCUT2D eigenvalue weighted by atomic mass is 79.9. The van der Waals surface area contributed by atoms with E-state index < -0.39 is 0 Å². The highest BCUT2D eigenvalue weighted by molar-refractivity contribution is 9.10. The lowest BCUT2D eigenvalue weighted by Gasteiger charge is -2.35. The molecule has 8 heteroatoms. The number of hydrogen-bond acceptors (Lipinski definition) is 4. The Morgan fingerprint density at radius 2 is 1.93 bits per heavy atom. The quantitative estimate of drug-likeness (QED) is 0.697. The monoisotopic (exact) mass is 453 g/mol. The molecule has 1 aliphatic heterocycles. The number of piperazine rings is 1. The molecule has 2 heterocycles. The number of ether oxygens (including phenoxy) is 1. The molecule has 0 unspecified atom stereocenters. The lowest BCUT2D eigenvalue weighted by molar-refractivity contribution is -0.133. The van der Waals surface area contributed by atoms with Crippen molar-refractivity contribution in [2.24, 2.45) is 0 Å². The van der Waals surface area contributed by atoms with Gasteiger partial charge in [-0.25, -0.2) is 0 Å². The van der Waals surface area contributed by atoms with Crippen molar-refractivity contribution in [3.8, 4) is 5.75 Å². The van der Waals surface area contributed by atoms with Crippen molar-refractivity contribution in [3.05, 3.63) is 61.9 Å². The summed E-state index contributed by atoms with van der Waals surface area (Å²) in [4.78, 5) is 28.5. The van der Waals surface area contributed by atoms with Gasteiger partial charge in [-0.3, -0.25) is 14.5 Å². The van der Waals surface area contributed by atoms with Crippen LogP contribution < -0.4 is 10.3 Å². The first-order valence-electron chi connectivity index (χ1n) is 8.65. The SMILES string of the molecule is COc1ccc(Cl)cc1CN1CCN(C(=O)Cn2cc(Br)ccc2=O)CC1. The number of benzene rings is 1. The molecule has 3 rings (SSSR count). The molecule has 0 bridgehead atoms. The first-order valence-corrected chi connectivity index (χ1v) is 9.82. The molecule has 0 N–H and O–H groups in total. The summed E-state index contributed by atoms with van der Waals surface area (Å²) >= 11 is 9.43. The number of rotatable bonds is 5. The van der Waals surface area contributed by atoms with Crippen LogP contribution in [0.1, 0.15) is 5.56 Å². The van der Waals surface area contributed by atoms with Crippen LogP contribution in [0.2, 0.25) is 5.02 Å². The maximum atomic E-state index is 12.5. The molecular formula is C19H21BrClN3O3. The summed E-state index contributed by atoms with van der Waals surface area (Å²) in [5, 5.41) is 0.680. The molecule has 0 aliphatic carbocycles. The van der Waals surface area contributed by atoms with Crippen molar-refractivity contribution in [2.45, 2.75) is 13.1 Å². The van der Waals surface area contributed by atoms with Gasteiger partial charge in [-0.15, -0.1) is 0 Å². The van der Waals surface area contributed by atoms with E-state index in [-0.39, 0.29) is 18.0 Å². The lowest BCUT2D eigenvalue weighted by Crippen LogP contribution is -2.49. The van der Waals surface area contributed by atoms with Gasteiger partial charge in [0, 0.05) is 60.0 Å². The van der Waals surface area contributed by atoms with Gasteiger partial charge in [-0.05, 0) is 40.2 Å². The molecule has 1 saturated heterocycles. The van der Waals surface area contributed by atoms with Crippen molar-refractivity contribution < 1.29 is 9.53 Å². The molecule has 2 aromatic rings. The molecule has 27 heavy (non-hydrogen) atoms. The van der Waals surface area contributed by atoms with E-state index in [0.717, 1.165) is 35.4 Å². The highest BCUT2D eigenvalue weighted by Gasteiger charge is 2.22. The third-order valence-corrected chi connectivity index (χ3v) is 5.32. The zero-order valence-electron chi connectivity index (χ0n) is 15.0. The van der Waals surface area contributed by atoms with Gasteiger partial charge in [0.15, 0.2) is 0 Å². The van der Waals surface area contributed by atoms with Crippen molar-refractivity contribution in [1.82, 2.24) is 14.4 Å². The minimum absolute atomic E-state index is 0.0461. The standard InChI is InChI=1S/C19H21BrClN3O3/c1-27-17-4-3-16(21)10-14(17)11-22-6-8-23(9-7-22)19(26)13-24-12-15(20)2-5-18(24)25/h2-5,10,12H,6-9,11,13H2,1H3. The molecule has 0 spiro atoms. The number of pyridine rings is 1. The van der Waals surface area contributed by atoms with E-state index in [4.69, 9.17) is 16.3 Å². The highest BCUT2D eigenvalue weighted by Crippen LogP contribution is 2.24. The van der Waals surface area contributed by atoms with Crippen LogP contribution in [0.5, 0.6) is 5.75 Å². The number of carbonyl (C=O) groups excluding carboxylic acids is 1. The topological polar surface area (TPSA) is 54.8 Å². The average Bonchev–Trinajstić information content (AvgIpc) is 2.65. The third kappa shape index (κ3) is 5.12. The molecule has 1 fully saturated rings. The molecule has 0 saturated carbocycles. The maximum absolute atomic E-state index is 12.5. The minimum Gasteiger partial charge on any atom is -0.496 e. The van der Waals surface area contributed by atoms with Crippen LogP contribution in [0.3, 0.4) is 0 Å². The third-order valence-electron chi connectivity index (χ3n) is 4.61. The second kappa shape index (κ2) is 8.91. The van der Waals surface area contributed by atoms with Gasteiger partial charge in [0.1, 0.15) is 12.3 Å². The van der Waals surface area contributed by atoms with Gasteiger partial charge in [0.05, 0.1) is 7.11 Å². The van der Waals surface area contributed by atoms with E-state index in [1.54, 1.807) is 24.3 Å². The number of halogens is 2. The average molecular weight is 455 g/mol. The Balaban J connectivity index is 1.57. The van der Waals surface area contributed by atoms with E-state index in [1.165, 1.54) is 10.6 Å². The van der Waals surface area contributed by atoms with Crippen LogP contribution in [0.4, 0.5) is 0 Å². The largest absolute Gasteiger partial charge is 0.496 e. The summed E-state index contributed by atoms with van der Waals surface area (Å²) < 4.78 is 7.60. The predicted octanol–water partition coefficient (Wildman–Crippen LogP) is 2.62. The summed E-state index contributed by atoms with van der Waals surface area (Å²) in [5.74, 6) is 0.766. The number of amides is 1. The van der Waals surface area contributed by atoms with Crippen LogP contribution in [0, 0.1) is 0 Å². The zero-order valence-corrected chi connectivity index (χ0v) is 17.4. The van der Waals surface area contributed by atoms with Crippen LogP contribution in [0.25, 0.3) is 0 Å².